The van der Waals surface area contributed by atoms with Crippen LogP contribution < -0.4 is 10.5 Å². The number of hydrogen-bond acceptors (Lipinski definition) is 3. The molecule has 0 unspecified atom stereocenters. The van der Waals surface area contributed by atoms with E-state index < -0.39 is 15.8 Å². The molecule has 2 aromatic rings. The van der Waals surface area contributed by atoms with Crippen LogP contribution in [0.2, 0.25) is 5.02 Å². The van der Waals surface area contributed by atoms with Crippen molar-refractivity contribution in [2.24, 2.45) is 0 Å². The van der Waals surface area contributed by atoms with Gasteiger partial charge in [0.25, 0.3) is 10.0 Å². The van der Waals surface area contributed by atoms with Gasteiger partial charge < -0.3 is 5.73 Å². The van der Waals surface area contributed by atoms with E-state index in [1.165, 1.54) is 6.07 Å². The lowest BCUT2D eigenvalue weighted by Crippen LogP contribution is -2.16. The number of nitrogen functional groups attached to an aromatic ring is 1. The van der Waals surface area contributed by atoms with Gasteiger partial charge in [-0.1, -0.05) is 11.6 Å². The zero-order chi connectivity index (χ0) is 15.8. The van der Waals surface area contributed by atoms with Crippen molar-refractivity contribution in [3.8, 4) is 0 Å². The molecule has 0 aromatic heterocycles. The van der Waals surface area contributed by atoms with Crippen molar-refractivity contribution in [1.82, 2.24) is 0 Å². The smallest absolute Gasteiger partial charge is 0.264 e. The van der Waals surface area contributed by atoms with Crippen LogP contribution in [0.1, 0.15) is 0 Å². The quantitative estimate of drug-likeness (QED) is 0.485. The molecule has 0 heterocycles. The van der Waals surface area contributed by atoms with Crippen LogP contribution in [0.5, 0.6) is 0 Å². The van der Waals surface area contributed by atoms with Crippen LogP contribution >= 0.6 is 50.1 Å². The monoisotopic (exact) mass is 504 g/mol. The Labute approximate surface area is 148 Å². The second kappa shape index (κ2) is 6.27. The Morgan fingerprint density at radius 2 is 1.95 bits per heavy atom. The Morgan fingerprint density at radius 3 is 2.57 bits per heavy atom. The molecule has 4 nitrogen and oxygen atoms in total. The molecule has 0 fully saturated rings. The van der Waals surface area contributed by atoms with Crippen LogP contribution in [0.25, 0.3) is 0 Å². The lowest BCUT2D eigenvalue weighted by molar-refractivity contribution is 0.599. The number of nitrogens with one attached hydrogen (secondary N) is 1. The number of rotatable bonds is 3. The molecule has 0 saturated heterocycles. The van der Waals surface area contributed by atoms with E-state index in [4.69, 9.17) is 17.3 Å². The van der Waals surface area contributed by atoms with Gasteiger partial charge in [-0.05, 0) is 68.9 Å². The first-order valence-corrected chi connectivity index (χ1v) is 9.16. The van der Waals surface area contributed by atoms with E-state index in [-0.39, 0.29) is 15.1 Å². The molecule has 21 heavy (non-hydrogen) atoms. The second-order valence-corrected chi connectivity index (χ2v) is 8.14. The number of benzene rings is 2. The van der Waals surface area contributed by atoms with E-state index in [1.54, 1.807) is 12.1 Å². The standard InChI is InChI=1S/C12H8BrClFIN2O2S/c13-7-4-12(10(17)5-8(7)15)21(19,20)18-11-2-1-6(14)3-9(11)16/h1-5,18H,17H2. The maximum absolute atomic E-state index is 13.3. The van der Waals surface area contributed by atoms with Gasteiger partial charge in [0.1, 0.15) is 10.7 Å². The van der Waals surface area contributed by atoms with Gasteiger partial charge in [-0.2, -0.15) is 0 Å². The van der Waals surface area contributed by atoms with E-state index in [0.717, 1.165) is 12.1 Å². The van der Waals surface area contributed by atoms with Crippen LogP contribution in [-0.2, 0) is 10.0 Å². The Morgan fingerprint density at radius 1 is 1.29 bits per heavy atom. The van der Waals surface area contributed by atoms with E-state index >= 15 is 0 Å². The molecule has 0 aliphatic heterocycles. The largest absolute Gasteiger partial charge is 0.398 e. The number of nitrogens with two attached hydrogens (primary N) is 1. The summed E-state index contributed by atoms with van der Waals surface area (Å²) in [7, 11) is -3.94. The molecule has 9 heteroatoms. The molecule has 0 aliphatic carbocycles. The number of anilines is 2. The summed E-state index contributed by atoms with van der Waals surface area (Å²) in [4.78, 5) is -0.207. The highest BCUT2D eigenvalue weighted by Gasteiger charge is 2.20. The topological polar surface area (TPSA) is 72.2 Å². The maximum Gasteiger partial charge on any atom is 0.264 e. The van der Waals surface area contributed by atoms with Crippen molar-refractivity contribution < 1.29 is 12.8 Å². The Bertz CT molecular complexity index is 817. The summed E-state index contributed by atoms with van der Waals surface area (Å²) in [6.07, 6.45) is 0. The molecule has 0 radical (unpaired) electrons. The van der Waals surface area contributed by atoms with Crippen LogP contribution in [0.4, 0.5) is 15.8 Å². The van der Waals surface area contributed by atoms with Crippen LogP contribution in [0, 0.1) is 9.39 Å². The van der Waals surface area contributed by atoms with E-state index in [1.807, 2.05) is 22.6 Å². The number of sulfonamides is 1. The molecule has 3 N–H and O–H groups in total. The fraction of sp³-hybridized carbons (Fsp3) is 0. The molecule has 0 spiro atoms. The minimum Gasteiger partial charge on any atom is -0.398 e. The number of halogens is 4. The lowest BCUT2D eigenvalue weighted by Gasteiger charge is -2.12. The highest BCUT2D eigenvalue weighted by atomic mass is 127. The van der Waals surface area contributed by atoms with Crippen molar-refractivity contribution in [3.63, 3.8) is 0 Å². The average Bonchev–Trinajstić information content (AvgIpc) is 2.37. The molecule has 2 rings (SSSR count). The van der Waals surface area contributed by atoms with Gasteiger partial charge in [-0.25, -0.2) is 12.8 Å². The van der Waals surface area contributed by atoms with Crippen molar-refractivity contribution >= 4 is 71.5 Å². The fourth-order valence-corrected chi connectivity index (χ4v) is 4.45. The molecular weight excluding hydrogens is 497 g/mol. The highest BCUT2D eigenvalue weighted by molar-refractivity contribution is 14.1. The highest BCUT2D eigenvalue weighted by Crippen LogP contribution is 2.29. The number of hydrogen-bond donors (Lipinski definition) is 2. The fourth-order valence-electron chi connectivity index (χ4n) is 1.55. The van der Waals surface area contributed by atoms with Crippen molar-refractivity contribution in [2.45, 2.75) is 4.90 Å². The molecule has 0 saturated carbocycles. The van der Waals surface area contributed by atoms with Crippen molar-refractivity contribution in [3.05, 3.63) is 49.2 Å². The van der Waals surface area contributed by atoms with Gasteiger partial charge >= 0.3 is 0 Å². The van der Waals surface area contributed by atoms with Gasteiger partial charge in [0.2, 0.25) is 0 Å². The minimum atomic E-state index is -3.94. The zero-order valence-corrected chi connectivity index (χ0v) is 15.5. The predicted molar refractivity (Wildman–Crippen MR) is 93.5 cm³/mol. The Kier molecular flexibility index (Phi) is 5.01. The van der Waals surface area contributed by atoms with Gasteiger partial charge in [0.05, 0.1) is 15.8 Å². The molecule has 0 atom stereocenters. The normalized spacial score (nSPS) is 11.4. The van der Waals surface area contributed by atoms with Crippen LogP contribution in [0.3, 0.4) is 0 Å². The summed E-state index contributed by atoms with van der Waals surface area (Å²) in [5, 5.41) is 0.492. The molecule has 2 aromatic carbocycles. The molecule has 0 amide bonds. The van der Waals surface area contributed by atoms with Gasteiger partial charge in [0, 0.05) is 8.59 Å². The summed E-state index contributed by atoms with van der Waals surface area (Å²) < 4.78 is 41.1. The molecule has 112 valence electrons. The Hall–Kier alpha value is -0.580. The van der Waals surface area contributed by atoms with E-state index in [9.17, 15) is 12.8 Å². The van der Waals surface area contributed by atoms with Gasteiger partial charge in [-0.15, -0.1) is 0 Å². The summed E-state index contributed by atoms with van der Waals surface area (Å²) >= 11 is 10.7. The molecule has 0 bridgehead atoms. The van der Waals surface area contributed by atoms with Crippen LogP contribution in [0.15, 0.2) is 39.7 Å². The maximum atomic E-state index is 13.3. The SMILES string of the molecule is Nc1cc(F)c(Br)cc1S(=O)(=O)Nc1ccc(Cl)cc1I. The lowest BCUT2D eigenvalue weighted by atomic mass is 10.3. The summed E-state index contributed by atoms with van der Waals surface area (Å²) in [6.45, 7) is 0. The minimum absolute atomic E-state index is 0.0166. The van der Waals surface area contributed by atoms with Gasteiger partial charge in [0.15, 0.2) is 0 Å². The second-order valence-electron chi connectivity index (χ2n) is 4.03. The molecule has 0 aliphatic rings. The van der Waals surface area contributed by atoms with E-state index in [2.05, 4.69) is 20.7 Å². The molecular formula is C12H8BrClFIN2O2S. The average molecular weight is 506 g/mol. The summed E-state index contributed by atoms with van der Waals surface area (Å²) in [5.41, 5.74) is 5.78. The van der Waals surface area contributed by atoms with Gasteiger partial charge in [-0.3, -0.25) is 4.72 Å². The Balaban J connectivity index is 2.46. The first kappa shape index (κ1) is 16.8. The van der Waals surface area contributed by atoms with E-state index in [0.29, 0.717) is 14.3 Å². The summed E-state index contributed by atoms with van der Waals surface area (Å²) in [5.74, 6) is -0.632. The first-order chi connectivity index (χ1) is 9.70. The zero-order valence-electron chi connectivity index (χ0n) is 10.2. The first-order valence-electron chi connectivity index (χ1n) is 5.43. The predicted octanol–water partition coefficient (Wildman–Crippen LogP) is 4.23. The summed E-state index contributed by atoms with van der Waals surface area (Å²) in [6, 6.07) is 6.78. The van der Waals surface area contributed by atoms with Crippen molar-refractivity contribution in [1.29, 1.82) is 0 Å². The van der Waals surface area contributed by atoms with Crippen molar-refractivity contribution in [2.75, 3.05) is 10.5 Å². The third-order valence-corrected chi connectivity index (χ3v) is 5.67. The third-order valence-electron chi connectivity index (χ3n) is 2.52. The third kappa shape index (κ3) is 3.79. The van der Waals surface area contributed by atoms with Crippen LogP contribution in [-0.4, -0.2) is 8.42 Å².